The maximum Gasteiger partial charge on any atom is 0.308 e. The highest BCUT2D eigenvalue weighted by atomic mass is 16.5. The highest BCUT2D eigenvalue weighted by Gasteiger charge is 2.22. The van der Waals surface area contributed by atoms with Gasteiger partial charge >= 0.3 is 5.97 Å². The van der Waals surface area contributed by atoms with E-state index in [2.05, 4.69) is 0 Å². The second kappa shape index (κ2) is 5.25. The smallest absolute Gasteiger partial charge is 0.308 e. The third-order valence-electron chi connectivity index (χ3n) is 2.21. The lowest BCUT2D eigenvalue weighted by atomic mass is 10.1. The summed E-state index contributed by atoms with van der Waals surface area (Å²) in [6.07, 6.45) is -0.805. The van der Waals surface area contributed by atoms with E-state index in [0.29, 0.717) is 0 Å². The highest BCUT2D eigenvalue weighted by molar-refractivity contribution is 5.70. The van der Waals surface area contributed by atoms with E-state index in [9.17, 15) is 20.1 Å². The minimum atomic E-state index is -1.19. The molecular formula is C10H16O5. The van der Waals surface area contributed by atoms with Gasteiger partial charge in [-0.3, -0.25) is 4.79 Å². The lowest BCUT2D eigenvalue weighted by Gasteiger charge is -2.20. The van der Waals surface area contributed by atoms with Crippen LogP contribution in [-0.2, 0) is 9.53 Å². The van der Waals surface area contributed by atoms with Crippen molar-refractivity contribution < 1.29 is 24.9 Å². The van der Waals surface area contributed by atoms with Crippen molar-refractivity contribution in [2.24, 2.45) is 0 Å². The molecule has 0 unspecified atom stereocenters. The molecule has 1 aliphatic rings. The van der Waals surface area contributed by atoms with Crippen molar-refractivity contribution >= 4 is 5.97 Å². The van der Waals surface area contributed by atoms with Crippen LogP contribution in [0.4, 0.5) is 0 Å². The lowest BCUT2D eigenvalue weighted by Crippen LogP contribution is -2.31. The summed E-state index contributed by atoms with van der Waals surface area (Å²) < 4.78 is 4.91. The number of rotatable bonds is 0. The molecule has 0 aromatic rings. The summed E-state index contributed by atoms with van der Waals surface area (Å²) in [6, 6.07) is 0. The van der Waals surface area contributed by atoms with Crippen LogP contribution in [-0.4, -0.2) is 45.7 Å². The van der Waals surface area contributed by atoms with Crippen LogP contribution in [0, 0.1) is 0 Å². The van der Waals surface area contributed by atoms with Gasteiger partial charge in [-0.15, -0.1) is 0 Å². The molecule has 1 heterocycles. The van der Waals surface area contributed by atoms with Gasteiger partial charge in [0.15, 0.2) is 0 Å². The second-order valence-electron chi connectivity index (χ2n) is 3.75. The molecule has 0 saturated carbocycles. The van der Waals surface area contributed by atoms with Crippen molar-refractivity contribution in [2.45, 2.75) is 44.2 Å². The predicted molar refractivity (Wildman–Crippen MR) is 51.9 cm³/mol. The molecule has 15 heavy (non-hydrogen) atoms. The monoisotopic (exact) mass is 216 g/mol. The molecule has 0 spiro atoms. The number of carbonyl (C=O) groups excluding carboxylic acids is 1. The van der Waals surface area contributed by atoms with Gasteiger partial charge < -0.3 is 20.1 Å². The molecular weight excluding hydrogens is 200 g/mol. The maximum atomic E-state index is 11.2. The minimum Gasteiger partial charge on any atom is -0.462 e. The molecule has 86 valence electrons. The fraction of sp³-hybridized carbons (Fsp3) is 0.700. The third kappa shape index (κ3) is 3.99. The number of ether oxygens (including phenoxy) is 1. The van der Waals surface area contributed by atoms with E-state index in [-0.39, 0.29) is 12.8 Å². The zero-order chi connectivity index (χ0) is 11.4. The highest BCUT2D eigenvalue weighted by Crippen LogP contribution is 2.11. The Labute approximate surface area is 88.0 Å². The summed E-state index contributed by atoms with van der Waals surface area (Å²) in [4.78, 5) is 11.2. The molecule has 0 bridgehead atoms. The fourth-order valence-corrected chi connectivity index (χ4v) is 1.40. The molecule has 0 amide bonds. The van der Waals surface area contributed by atoms with Crippen molar-refractivity contribution in [3.05, 3.63) is 12.2 Å². The van der Waals surface area contributed by atoms with E-state index >= 15 is 0 Å². The van der Waals surface area contributed by atoms with Crippen LogP contribution in [0.5, 0.6) is 0 Å². The van der Waals surface area contributed by atoms with Crippen molar-refractivity contribution in [3.63, 3.8) is 0 Å². The molecule has 1 rings (SSSR count). The fourth-order valence-electron chi connectivity index (χ4n) is 1.40. The standard InChI is InChI=1S/C10H16O5/c1-6-4-7(11)2-3-8(12)9(13)5-10(14)15-6/h2-3,6-9,11-13H,4-5H2,1H3/t6-,7-,8+,9+/m1/s1. The third-order valence-corrected chi connectivity index (χ3v) is 2.21. The quantitative estimate of drug-likeness (QED) is 0.370. The van der Waals surface area contributed by atoms with Crippen LogP contribution >= 0.6 is 0 Å². The Balaban J connectivity index is 2.72. The van der Waals surface area contributed by atoms with Gasteiger partial charge in [0, 0.05) is 6.42 Å². The molecule has 5 heteroatoms. The summed E-state index contributed by atoms with van der Waals surface area (Å²) in [7, 11) is 0. The van der Waals surface area contributed by atoms with Crippen LogP contribution in [0.2, 0.25) is 0 Å². The van der Waals surface area contributed by atoms with Crippen molar-refractivity contribution in [1.29, 1.82) is 0 Å². The maximum absolute atomic E-state index is 11.2. The van der Waals surface area contributed by atoms with E-state index < -0.39 is 30.4 Å². The first-order valence-corrected chi connectivity index (χ1v) is 4.91. The Bertz CT molecular complexity index is 250. The number of aliphatic hydroxyl groups excluding tert-OH is 3. The summed E-state index contributed by atoms with van der Waals surface area (Å²) in [5, 5.41) is 28.1. The molecule has 5 nitrogen and oxygen atoms in total. The normalized spacial score (nSPS) is 38.5. The largest absolute Gasteiger partial charge is 0.462 e. The number of esters is 1. The number of hydrogen-bond donors (Lipinski definition) is 3. The van der Waals surface area contributed by atoms with Gasteiger partial charge in [0.1, 0.15) is 6.10 Å². The molecule has 0 radical (unpaired) electrons. The van der Waals surface area contributed by atoms with Crippen LogP contribution < -0.4 is 0 Å². The minimum absolute atomic E-state index is 0.244. The Morgan fingerprint density at radius 2 is 2.00 bits per heavy atom. The lowest BCUT2D eigenvalue weighted by molar-refractivity contribution is -0.152. The van der Waals surface area contributed by atoms with E-state index in [1.165, 1.54) is 12.2 Å². The average Bonchev–Trinajstić information content (AvgIpc) is 2.12. The Morgan fingerprint density at radius 1 is 1.33 bits per heavy atom. The molecule has 1 aliphatic heterocycles. The zero-order valence-corrected chi connectivity index (χ0v) is 8.54. The van der Waals surface area contributed by atoms with E-state index in [1.54, 1.807) is 6.92 Å². The molecule has 0 saturated heterocycles. The first kappa shape index (κ1) is 12.2. The van der Waals surface area contributed by atoms with Crippen LogP contribution in [0.25, 0.3) is 0 Å². The Kier molecular flexibility index (Phi) is 4.26. The van der Waals surface area contributed by atoms with Gasteiger partial charge in [-0.2, -0.15) is 0 Å². The molecule has 4 atom stereocenters. The first-order chi connectivity index (χ1) is 6.99. The van der Waals surface area contributed by atoms with E-state index in [1.807, 2.05) is 0 Å². The summed E-state index contributed by atoms with van der Waals surface area (Å²) in [5.41, 5.74) is 0. The Morgan fingerprint density at radius 3 is 2.67 bits per heavy atom. The second-order valence-corrected chi connectivity index (χ2v) is 3.75. The van der Waals surface area contributed by atoms with Crippen molar-refractivity contribution in [2.75, 3.05) is 0 Å². The van der Waals surface area contributed by atoms with E-state index in [0.717, 1.165) is 0 Å². The van der Waals surface area contributed by atoms with Gasteiger partial charge in [-0.1, -0.05) is 12.2 Å². The first-order valence-electron chi connectivity index (χ1n) is 4.91. The van der Waals surface area contributed by atoms with Gasteiger partial charge in [-0.25, -0.2) is 0 Å². The predicted octanol–water partition coefficient (Wildman–Crippen LogP) is -0.649. The van der Waals surface area contributed by atoms with Gasteiger partial charge in [-0.05, 0) is 6.92 Å². The number of cyclic esters (lactones) is 1. The summed E-state index contributed by atoms with van der Waals surface area (Å²) in [6.45, 7) is 1.67. The topological polar surface area (TPSA) is 87.0 Å². The summed E-state index contributed by atoms with van der Waals surface area (Å²) >= 11 is 0. The SMILES string of the molecule is C[C@@H]1C[C@H](O)C=C[C@H](O)[C@@H](O)CC(=O)O1. The molecule has 0 aliphatic carbocycles. The molecule has 3 N–H and O–H groups in total. The van der Waals surface area contributed by atoms with Gasteiger partial charge in [0.25, 0.3) is 0 Å². The number of hydrogen-bond acceptors (Lipinski definition) is 5. The molecule has 0 aromatic heterocycles. The van der Waals surface area contributed by atoms with Crippen molar-refractivity contribution in [3.8, 4) is 0 Å². The van der Waals surface area contributed by atoms with Gasteiger partial charge in [0.05, 0.1) is 24.7 Å². The number of aliphatic hydroxyl groups is 3. The molecule has 0 fully saturated rings. The van der Waals surface area contributed by atoms with Crippen LogP contribution in [0.1, 0.15) is 19.8 Å². The molecule has 0 aromatic carbocycles. The zero-order valence-electron chi connectivity index (χ0n) is 8.54. The Hall–Kier alpha value is -0.910. The average molecular weight is 216 g/mol. The van der Waals surface area contributed by atoms with Gasteiger partial charge in [0.2, 0.25) is 0 Å². The number of carbonyl (C=O) groups is 1. The van der Waals surface area contributed by atoms with E-state index in [4.69, 9.17) is 4.74 Å². The van der Waals surface area contributed by atoms with Crippen LogP contribution in [0.3, 0.4) is 0 Å². The summed E-state index contributed by atoms with van der Waals surface area (Å²) in [5.74, 6) is -0.573. The van der Waals surface area contributed by atoms with Crippen molar-refractivity contribution in [1.82, 2.24) is 0 Å². The van der Waals surface area contributed by atoms with Crippen LogP contribution in [0.15, 0.2) is 12.2 Å².